The van der Waals surface area contributed by atoms with Crippen molar-refractivity contribution in [1.29, 1.82) is 0 Å². The van der Waals surface area contributed by atoms with E-state index in [9.17, 15) is 0 Å². The van der Waals surface area contributed by atoms with Crippen molar-refractivity contribution in [2.75, 3.05) is 11.4 Å². The maximum atomic E-state index is 6.04. The summed E-state index contributed by atoms with van der Waals surface area (Å²) in [7, 11) is 0. The van der Waals surface area contributed by atoms with Crippen LogP contribution < -0.4 is 10.6 Å². The van der Waals surface area contributed by atoms with Gasteiger partial charge in [-0.05, 0) is 37.8 Å². The van der Waals surface area contributed by atoms with E-state index in [1.165, 1.54) is 24.1 Å². The molecule has 2 atom stereocenters. The monoisotopic (exact) mass is 232 g/mol. The first kappa shape index (κ1) is 12.4. The summed E-state index contributed by atoms with van der Waals surface area (Å²) in [5, 5.41) is 0. The maximum Gasteiger partial charge on any atom is 0.0401 e. The van der Waals surface area contributed by atoms with Crippen LogP contribution >= 0.6 is 0 Å². The van der Waals surface area contributed by atoms with E-state index in [4.69, 9.17) is 5.73 Å². The minimum atomic E-state index is 0.389. The predicted molar refractivity (Wildman–Crippen MR) is 74.5 cm³/mol. The number of aryl methyl sites for hydroxylation is 1. The van der Waals surface area contributed by atoms with E-state index in [1.807, 2.05) is 0 Å². The van der Waals surface area contributed by atoms with Gasteiger partial charge in [0.05, 0.1) is 0 Å². The normalized spacial score (nSPS) is 25.0. The van der Waals surface area contributed by atoms with Crippen molar-refractivity contribution in [1.82, 2.24) is 0 Å². The average molecular weight is 232 g/mol. The van der Waals surface area contributed by atoms with Crippen molar-refractivity contribution in [3.05, 3.63) is 29.8 Å². The number of hydrogen-bond acceptors (Lipinski definition) is 2. The average Bonchev–Trinajstić information content (AvgIpc) is 2.31. The van der Waals surface area contributed by atoms with E-state index < -0.39 is 0 Å². The third-order valence-corrected chi connectivity index (χ3v) is 3.74. The maximum absolute atomic E-state index is 6.04. The van der Waals surface area contributed by atoms with Crippen molar-refractivity contribution in [3.8, 4) is 0 Å². The van der Waals surface area contributed by atoms with Crippen LogP contribution in [0.1, 0.15) is 38.7 Å². The molecule has 1 saturated heterocycles. The number of rotatable bonds is 3. The Bertz CT molecular complexity index is 362. The van der Waals surface area contributed by atoms with Gasteiger partial charge in [0.2, 0.25) is 0 Å². The molecule has 0 amide bonds. The lowest BCUT2D eigenvalue weighted by molar-refractivity contribution is 0.429. The van der Waals surface area contributed by atoms with Gasteiger partial charge in [0.1, 0.15) is 0 Å². The van der Waals surface area contributed by atoms with Crippen LogP contribution in [0.2, 0.25) is 0 Å². The Morgan fingerprint density at radius 1 is 1.35 bits per heavy atom. The third-order valence-electron chi connectivity index (χ3n) is 3.74. The lowest BCUT2D eigenvalue weighted by atomic mass is 9.96. The van der Waals surface area contributed by atoms with Gasteiger partial charge >= 0.3 is 0 Å². The summed E-state index contributed by atoms with van der Waals surface area (Å²) >= 11 is 0. The highest BCUT2D eigenvalue weighted by atomic mass is 15.2. The Morgan fingerprint density at radius 2 is 2.12 bits per heavy atom. The van der Waals surface area contributed by atoms with Crippen LogP contribution in [-0.2, 0) is 6.42 Å². The molecule has 0 aliphatic carbocycles. The Labute approximate surface area is 105 Å². The molecule has 2 N–H and O–H groups in total. The Kier molecular flexibility index (Phi) is 4.06. The van der Waals surface area contributed by atoms with Crippen molar-refractivity contribution < 1.29 is 0 Å². The molecule has 2 unspecified atom stereocenters. The second-order valence-corrected chi connectivity index (χ2v) is 5.21. The molecule has 1 aliphatic rings. The number of nitrogens with two attached hydrogens (primary N) is 1. The lowest BCUT2D eigenvalue weighted by Crippen LogP contribution is -2.46. The van der Waals surface area contributed by atoms with Gasteiger partial charge in [-0.25, -0.2) is 0 Å². The first-order valence-electron chi connectivity index (χ1n) is 6.82. The van der Waals surface area contributed by atoms with Gasteiger partial charge < -0.3 is 10.6 Å². The first-order valence-corrected chi connectivity index (χ1v) is 6.82. The number of benzene rings is 1. The SMILES string of the molecule is CCCc1ccccc1N1CCC(N)CC1C. The van der Waals surface area contributed by atoms with Crippen molar-refractivity contribution in [2.24, 2.45) is 5.73 Å². The van der Waals surface area contributed by atoms with Gasteiger partial charge in [-0.1, -0.05) is 31.5 Å². The van der Waals surface area contributed by atoms with E-state index >= 15 is 0 Å². The molecule has 1 aromatic carbocycles. The smallest absolute Gasteiger partial charge is 0.0401 e. The van der Waals surface area contributed by atoms with Gasteiger partial charge in [-0.3, -0.25) is 0 Å². The minimum Gasteiger partial charge on any atom is -0.368 e. The van der Waals surface area contributed by atoms with E-state index in [-0.39, 0.29) is 0 Å². The standard InChI is InChI=1S/C15H24N2/c1-3-6-13-7-4-5-8-15(13)17-10-9-14(16)11-12(17)2/h4-5,7-8,12,14H,3,6,9-11,16H2,1-2H3. The molecule has 0 radical (unpaired) electrons. The zero-order chi connectivity index (χ0) is 12.3. The molecule has 0 bridgehead atoms. The molecule has 2 heteroatoms. The van der Waals surface area contributed by atoms with Gasteiger partial charge in [-0.2, -0.15) is 0 Å². The van der Waals surface area contributed by atoms with Crippen LogP contribution in [0.3, 0.4) is 0 Å². The van der Waals surface area contributed by atoms with E-state index in [1.54, 1.807) is 0 Å². The highest BCUT2D eigenvalue weighted by molar-refractivity contribution is 5.54. The molecule has 1 fully saturated rings. The van der Waals surface area contributed by atoms with Crippen molar-refractivity contribution in [2.45, 2.75) is 51.6 Å². The summed E-state index contributed by atoms with van der Waals surface area (Å²) in [5.41, 5.74) is 8.94. The number of piperidine rings is 1. The molecule has 2 nitrogen and oxygen atoms in total. The molecular formula is C15H24N2. The summed E-state index contributed by atoms with van der Waals surface area (Å²) < 4.78 is 0. The van der Waals surface area contributed by atoms with Crippen LogP contribution in [0, 0.1) is 0 Å². The van der Waals surface area contributed by atoms with Gasteiger partial charge in [0.15, 0.2) is 0 Å². The largest absolute Gasteiger partial charge is 0.368 e. The molecule has 1 heterocycles. The Morgan fingerprint density at radius 3 is 2.82 bits per heavy atom. The van der Waals surface area contributed by atoms with Gasteiger partial charge in [0.25, 0.3) is 0 Å². The molecule has 1 aromatic rings. The number of hydrogen-bond donors (Lipinski definition) is 1. The third kappa shape index (κ3) is 2.81. The van der Waals surface area contributed by atoms with Crippen LogP contribution in [0.5, 0.6) is 0 Å². The van der Waals surface area contributed by atoms with E-state index in [2.05, 4.69) is 43.0 Å². The molecule has 0 saturated carbocycles. The van der Waals surface area contributed by atoms with Crippen molar-refractivity contribution >= 4 is 5.69 Å². The van der Waals surface area contributed by atoms with Crippen LogP contribution in [0.15, 0.2) is 24.3 Å². The zero-order valence-electron chi connectivity index (χ0n) is 11.0. The summed E-state index contributed by atoms with van der Waals surface area (Å²) in [5.74, 6) is 0. The molecule has 17 heavy (non-hydrogen) atoms. The molecule has 0 spiro atoms. The second-order valence-electron chi connectivity index (χ2n) is 5.21. The van der Waals surface area contributed by atoms with E-state index in [0.717, 1.165) is 19.4 Å². The fraction of sp³-hybridized carbons (Fsp3) is 0.600. The summed E-state index contributed by atoms with van der Waals surface area (Å²) in [6.45, 7) is 5.64. The predicted octanol–water partition coefficient (Wildman–Crippen LogP) is 2.96. The first-order chi connectivity index (χ1) is 8.22. The zero-order valence-corrected chi connectivity index (χ0v) is 11.0. The number of anilines is 1. The molecule has 94 valence electrons. The van der Waals surface area contributed by atoms with Crippen LogP contribution in [-0.4, -0.2) is 18.6 Å². The molecule has 0 aromatic heterocycles. The number of para-hydroxylation sites is 1. The quantitative estimate of drug-likeness (QED) is 0.868. The van der Waals surface area contributed by atoms with Crippen molar-refractivity contribution in [3.63, 3.8) is 0 Å². The van der Waals surface area contributed by atoms with Gasteiger partial charge in [0, 0.05) is 24.3 Å². The second kappa shape index (κ2) is 5.54. The fourth-order valence-electron chi connectivity index (χ4n) is 2.84. The highest BCUT2D eigenvalue weighted by Gasteiger charge is 2.24. The Hall–Kier alpha value is -1.02. The molecule has 1 aliphatic heterocycles. The highest BCUT2D eigenvalue weighted by Crippen LogP contribution is 2.28. The molecule has 2 rings (SSSR count). The van der Waals surface area contributed by atoms with Gasteiger partial charge in [-0.15, -0.1) is 0 Å². The van der Waals surface area contributed by atoms with Crippen LogP contribution in [0.4, 0.5) is 5.69 Å². The fourth-order valence-corrected chi connectivity index (χ4v) is 2.84. The van der Waals surface area contributed by atoms with Crippen LogP contribution in [0.25, 0.3) is 0 Å². The Balaban J connectivity index is 2.21. The minimum absolute atomic E-state index is 0.389. The topological polar surface area (TPSA) is 29.3 Å². The van der Waals surface area contributed by atoms with E-state index in [0.29, 0.717) is 12.1 Å². The lowest BCUT2D eigenvalue weighted by Gasteiger charge is -2.39. The summed E-state index contributed by atoms with van der Waals surface area (Å²) in [4.78, 5) is 2.54. The molecular weight excluding hydrogens is 208 g/mol. The number of nitrogens with zero attached hydrogens (tertiary/aromatic N) is 1. The summed E-state index contributed by atoms with van der Waals surface area (Å²) in [6.07, 6.45) is 4.61. The summed E-state index contributed by atoms with van der Waals surface area (Å²) in [6, 6.07) is 9.78.